The Morgan fingerprint density at radius 2 is 1.79 bits per heavy atom. The molecule has 1 N–H and O–H groups in total. The minimum absolute atomic E-state index is 0.588. The lowest BCUT2D eigenvalue weighted by molar-refractivity contribution is 0.212. The summed E-state index contributed by atoms with van der Waals surface area (Å²) in [7, 11) is 3.16. The van der Waals surface area contributed by atoms with Crippen molar-refractivity contribution in [1.29, 1.82) is 0 Å². The third kappa shape index (κ3) is 2.58. The third-order valence-electron chi connectivity index (χ3n) is 3.11. The molecular weight excluding hydrogens is 244 g/mol. The number of rotatable bonds is 4. The highest BCUT2D eigenvalue weighted by Gasteiger charge is 2.20. The molecule has 19 heavy (non-hydrogen) atoms. The second kappa shape index (κ2) is 5.36. The smallest absolute Gasteiger partial charge is 0.128 e. The second-order valence-electron chi connectivity index (χ2n) is 4.38. The summed E-state index contributed by atoms with van der Waals surface area (Å²) in [6, 6.07) is 7.18. The van der Waals surface area contributed by atoms with Crippen LogP contribution in [-0.2, 0) is 0 Å². The van der Waals surface area contributed by atoms with Gasteiger partial charge in [-0.25, -0.2) is 0 Å². The first-order chi connectivity index (χ1) is 9.06. The van der Waals surface area contributed by atoms with Gasteiger partial charge in [-0.3, -0.25) is 0 Å². The van der Waals surface area contributed by atoms with E-state index in [0.29, 0.717) is 22.8 Å². The Bertz CT molecular complexity index is 572. The van der Waals surface area contributed by atoms with Crippen molar-refractivity contribution < 1.29 is 19.0 Å². The van der Waals surface area contributed by atoms with Crippen LogP contribution in [0.3, 0.4) is 0 Å². The van der Waals surface area contributed by atoms with Crippen LogP contribution in [0.5, 0.6) is 11.5 Å². The largest absolute Gasteiger partial charge is 0.497 e. The summed E-state index contributed by atoms with van der Waals surface area (Å²) >= 11 is 0. The molecule has 4 heteroatoms. The minimum Gasteiger partial charge on any atom is -0.497 e. The van der Waals surface area contributed by atoms with E-state index in [1.165, 1.54) is 0 Å². The van der Waals surface area contributed by atoms with Crippen molar-refractivity contribution in [2.75, 3.05) is 14.2 Å². The maximum atomic E-state index is 10.5. The Morgan fingerprint density at radius 3 is 2.32 bits per heavy atom. The average molecular weight is 262 g/mol. The van der Waals surface area contributed by atoms with Crippen LogP contribution in [0, 0.1) is 13.8 Å². The molecule has 1 heterocycles. The van der Waals surface area contributed by atoms with Crippen LogP contribution in [0.15, 0.2) is 28.7 Å². The zero-order chi connectivity index (χ0) is 14.0. The van der Waals surface area contributed by atoms with Gasteiger partial charge in [0.2, 0.25) is 0 Å². The van der Waals surface area contributed by atoms with Crippen LogP contribution < -0.4 is 9.47 Å². The van der Waals surface area contributed by atoms with E-state index in [1.54, 1.807) is 32.4 Å². The molecule has 1 unspecified atom stereocenters. The fourth-order valence-corrected chi connectivity index (χ4v) is 2.13. The standard InChI is InChI=1S/C15H18O4/c1-9-7-13(10(2)19-9)15(16)12-6-5-11(17-3)8-14(12)18-4/h5-8,15-16H,1-4H3. The zero-order valence-electron chi connectivity index (χ0n) is 11.6. The van der Waals surface area contributed by atoms with Gasteiger partial charge in [-0.1, -0.05) is 0 Å². The van der Waals surface area contributed by atoms with E-state index >= 15 is 0 Å². The highest BCUT2D eigenvalue weighted by atomic mass is 16.5. The minimum atomic E-state index is -0.779. The van der Waals surface area contributed by atoms with Crippen LogP contribution in [0.2, 0.25) is 0 Å². The van der Waals surface area contributed by atoms with E-state index < -0.39 is 6.10 Å². The predicted molar refractivity (Wildman–Crippen MR) is 71.8 cm³/mol. The lowest BCUT2D eigenvalue weighted by atomic mass is 10.0. The Hall–Kier alpha value is -1.94. The summed E-state index contributed by atoms with van der Waals surface area (Å²) in [5.74, 6) is 2.76. The molecule has 0 bridgehead atoms. The normalized spacial score (nSPS) is 12.3. The molecule has 2 aromatic rings. The van der Waals surface area contributed by atoms with Crippen molar-refractivity contribution in [3.63, 3.8) is 0 Å². The van der Waals surface area contributed by atoms with Gasteiger partial charge in [-0.2, -0.15) is 0 Å². The van der Waals surface area contributed by atoms with Crippen molar-refractivity contribution in [3.05, 3.63) is 46.9 Å². The molecule has 4 nitrogen and oxygen atoms in total. The molecule has 0 radical (unpaired) electrons. The summed E-state index contributed by atoms with van der Waals surface area (Å²) < 4.78 is 15.9. The third-order valence-corrected chi connectivity index (χ3v) is 3.11. The van der Waals surface area contributed by atoms with Crippen molar-refractivity contribution in [2.45, 2.75) is 20.0 Å². The predicted octanol–water partition coefficient (Wildman–Crippen LogP) is 3.00. The second-order valence-corrected chi connectivity index (χ2v) is 4.38. The first kappa shape index (κ1) is 13.5. The molecule has 0 aliphatic carbocycles. The summed E-state index contributed by atoms with van der Waals surface area (Å²) in [6.45, 7) is 3.69. The summed E-state index contributed by atoms with van der Waals surface area (Å²) in [4.78, 5) is 0. The van der Waals surface area contributed by atoms with Crippen LogP contribution >= 0.6 is 0 Å². The first-order valence-electron chi connectivity index (χ1n) is 6.03. The number of hydrogen-bond donors (Lipinski definition) is 1. The van der Waals surface area contributed by atoms with E-state index in [-0.39, 0.29) is 0 Å². The number of ether oxygens (including phenoxy) is 2. The molecule has 0 fully saturated rings. The maximum absolute atomic E-state index is 10.5. The van der Waals surface area contributed by atoms with E-state index in [0.717, 1.165) is 11.3 Å². The number of benzene rings is 1. The van der Waals surface area contributed by atoms with Gasteiger partial charge in [-0.05, 0) is 32.0 Å². The lowest BCUT2D eigenvalue weighted by Gasteiger charge is -2.15. The van der Waals surface area contributed by atoms with Gasteiger partial charge in [0, 0.05) is 17.2 Å². The molecule has 0 amide bonds. The van der Waals surface area contributed by atoms with E-state index in [2.05, 4.69) is 0 Å². The Kier molecular flexibility index (Phi) is 3.81. The monoisotopic (exact) mass is 262 g/mol. The molecule has 1 aromatic carbocycles. The first-order valence-corrected chi connectivity index (χ1v) is 6.03. The van der Waals surface area contributed by atoms with Crippen LogP contribution in [0.1, 0.15) is 28.8 Å². The molecular formula is C15H18O4. The molecule has 2 rings (SSSR count). The number of aliphatic hydroxyl groups is 1. The van der Waals surface area contributed by atoms with Crippen molar-refractivity contribution >= 4 is 0 Å². The van der Waals surface area contributed by atoms with Crippen LogP contribution in [-0.4, -0.2) is 19.3 Å². The Morgan fingerprint density at radius 1 is 1.05 bits per heavy atom. The number of aryl methyl sites for hydroxylation is 2. The average Bonchev–Trinajstić information content (AvgIpc) is 2.76. The Balaban J connectivity index is 2.43. The van der Waals surface area contributed by atoms with Gasteiger partial charge >= 0.3 is 0 Å². The van der Waals surface area contributed by atoms with Gasteiger partial charge in [-0.15, -0.1) is 0 Å². The maximum Gasteiger partial charge on any atom is 0.128 e. The van der Waals surface area contributed by atoms with Crippen molar-refractivity contribution in [2.24, 2.45) is 0 Å². The SMILES string of the molecule is COc1ccc(C(O)c2cc(C)oc2C)c(OC)c1. The fraction of sp³-hybridized carbons (Fsp3) is 0.333. The molecule has 0 aliphatic heterocycles. The highest BCUT2D eigenvalue weighted by Crippen LogP contribution is 2.34. The number of aliphatic hydroxyl groups excluding tert-OH is 1. The molecule has 0 saturated heterocycles. The van der Waals surface area contributed by atoms with Gasteiger partial charge in [0.25, 0.3) is 0 Å². The quantitative estimate of drug-likeness (QED) is 0.920. The molecule has 0 aliphatic rings. The number of furan rings is 1. The van der Waals surface area contributed by atoms with E-state index in [1.807, 2.05) is 19.9 Å². The highest BCUT2D eigenvalue weighted by molar-refractivity contribution is 5.45. The molecule has 1 aromatic heterocycles. The number of methoxy groups -OCH3 is 2. The van der Waals surface area contributed by atoms with Gasteiger partial charge in [0.1, 0.15) is 29.1 Å². The fourth-order valence-electron chi connectivity index (χ4n) is 2.13. The summed E-state index contributed by atoms with van der Waals surface area (Å²) in [5, 5.41) is 10.5. The van der Waals surface area contributed by atoms with Crippen molar-refractivity contribution in [1.82, 2.24) is 0 Å². The topological polar surface area (TPSA) is 51.8 Å². The molecule has 0 saturated carbocycles. The number of hydrogen-bond acceptors (Lipinski definition) is 4. The molecule has 0 spiro atoms. The summed E-state index contributed by atoms with van der Waals surface area (Å²) in [6.07, 6.45) is -0.779. The molecule has 102 valence electrons. The van der Waals surface area contributed by atoms with Gasteiger partial charge in [0.15, 0.2) is 0 Å². The van der Waals surface area contributed by atoms with E-state index in [4.69, 9.17) is 13.9 Å². The van der Waals surface area contributed by atoms with Crippen molar-refractivity contribution in [3.8, 4) is 11.5 Å². The Labute approximate surface area is 112 Å². The van der Waals surface area contributed by atoms with E-state index in [9.17, 15) is 5.11 Å². The lowest BCUT2D eigenvalue weighted by Crippen LogP contribution is -2.03. The zero-order valence-corrected chi connectivity index (χ0v) is 11.6. The van der Waals surface area contributed by atoms with Gasteiger partial charge < -0.3 is 19.0 Å². The summed E-state index contributed by atoms with van der Waals surface area (Å²) in [5.41, 5.74) is 1.44. The van der Waals surface area contributed by atoms with Gasteiger partial charge in [0.05, 0.1) is 14.2 Å². The van der Waals surface area contributed by atoms with Crippen LogP contribution in [0.25, 0.3) is 0 Å². The van der Waals surface area contributed by atoms with Crippen LogP contribution in [0.4, 0.5) is 0 Å². The molecule has 1 atom stereocenters.